The van der Waals surface area contributed by atoms with Crippen LogP contribution in [0.25, 0.3) is 10.9 Å². The number of aromatic nitrogens is 1. The third-order valence-corrected chi connectivity index (χ3v) is 9.01. The zero-order valence-corrected chi connectivity index (χ0v) is 24.1. The van der Waals surface area contributed by atoms with Crippen LogP contribution in [0.15, 0.2) is 71.8 Å². The number of methoxy groups -OCH3 is 1. The van der Waals surface area contributed by atoms with E-state index >= 15 is 0 Å². The van der Waals surface area contributed by atoms with Gasteiger partial charge in [-0.3, -0.25) is 9.69 Å². The molecule has 2 N–H and O–H groups in total. The Morgan fingerprint density at radius 1 is 1.02 bits per heavy atom. The van der Waals surface area contributed by atoms with Crippen molar-refractivity contribution in [2.24, 2.45) is 0 Å². The molecule has 1 fully saturated rings. The van der Waals surface area contributed by atoms with Crippen LogP contribution in [0.5, 0.6) is 5.75 Å². The number of nitrogens with one attached hydrogen (secondary N) is 2. The Hall–Kier alpha value is -4.31. The van der Waals surface area contributed by atoms with Gasteiger partial charge in [-0.05, 0) is 85.7 Å². The molecule has 41 heavy (non-hydrogen) atoms. The largest absolute Gasteiger partial charge is 0.496 e. The number of fused-ring (bicyclic) bond motifs is 1. The van der Waals surface area contributed by atoms with Crippen LogP contribution in [0.2, 0.25) is 0 Å². The van der Waals surface area contributed by atoms with E-state index in [-0.39, 0.29) is 22.7 Å². The van der Waals surface area contributed by atoms with Gasteiger partial charge in [0, 0.05) is 41.8 Å². The maximum Gasteiger partial charge on any atom is 0.414 e. The number of ether oxygens (including phenoxy) is 2. The summed E-state index contributed by atoms with van der Waals surface area (Å²) >= 11 is 0. The van der Waals surface area contributed by atoms with Gasteiger partial charge in [0.1, 0.15) is 11.9 Å². The van der Waals surface area contributed by atoms with E-state index in [1.807, 2.05) is 24.4 Å². The molecule has 10 heteroatoms. The Morgan fingerprint density at radius 3 is 2.51 bits per heavy atom. The van der Waals surface area contributed by atoms with Crippen LogP contribution in [0, 0.1) is 6.92 Å². The molecule has 4 aromatic rings. The van der Waals surface area contributed by atoms with Gasteiger partial charge in [-0.2, -0.15) is 0 Å². The van der Waals surface area contributed by atoms with Crippen molar-refractivity contribution in [3.8, 4) is 5.75 Å². The lowest BCUT2D eigenvalue weighted by Gasteiger charge is -2.20. The average Bonchev–Trinajstić information content (AvgIpc) is 3.62. The second-order valence-corrected chi connectivity index (χ2v) is 11.9. The fourth-order valence-electron chi connectivity index (χ4n) is 5.19. The number of amides is 2. The predicted molar refractivity (Wildman–Crippen MR) is 157 cm³/mol. The Labute approximate surface area is 239 Å². The molecule has 1 saturated carbocycles. The van der Waals surface area contributed by atoms with E-state index in [1.54, 1.807) is 44.3 Å². The third kappa shape index (κ3) is 6.07. The maximum absolute atomic E-state index is 12.9. The quantitative estimate of drug-likeness (QED) is 0.278. The summed E-state index contributed by atoms with van der Waals surface area (Å²) in [6.07, 6.45) is 5.98. The number of anilines is 1. The van der Waals surface area contributed by atoms with Crippen LogP contribution in [-0.4, -0.2) is 45.7 Å². The number of nitrogens with zero attached hydrogens (tertiary/aromatic N) is 1. The predicted octanol–water partition coefficient (Wildman–Crippen LogP) is 5.71. The Bertz CT molecular complexity index is 1710. The van der Waals surface area contributed by atoms with Gasteiger partial charge in [-0.1, -0.05) is 24.3 Å². The number of benzene rings is 3. The van der Waals surface area contributed by atoms with Gasteiger partial charge in [0.15, 0.2) is 0 Å². The van der Waals surface area contributed by atoms with Crippen LogP contribution in [0.1, 0.15) is 52.7 Å². The van der Waals surface area contributed by atoms with Crippen molar-refractivity contribution in [1.82, 2.24) is 9.71 Å². The summed E-state index contributed by atoms with van der Waals surface area (Å²) in [5.74, 6) is -0.295. The van der Waals surface area contributed by atoms with Crippen molar-refractivity contribution in [3.05, 3.63) is 89.1 Å². The van der Waals surface area contributed by atoms with Crippen molar-refractivity contribution in [3.63, 3.8) is 0 Å². The van der Waals surface area contributed by atoms with Gasteiger partial charge in [0.2, 0.25) is 0 Å². The van der Waals surface area contributed by atoms with E-state index in [9.17, 15) is 18.0 Å². The molecule has 214 valence electrons. The summed E-state index contributed by atoms with van der Waals surface area (Å²) in [7, 11) is -0.831. The van der Waals surface area contributed by atoms with Crippen molar-refractivity contribution >= 4 is 38.6 Å². The van der Waals surface area contributed by atoms with E-state index in [0.717, 1.165) is 53.4 Å². The van der Waals surface area contributed by atoms with Crippen LogP contribution >= 0.6 is 0 Å². The Balaban J connectivity index is 1.34. The van der Waals surface area contributed by atoms with Gasteiger partial charge < -0.3 is 14.5 Å². The van der Waals surface area contributed by atoms with E-state index in [4.69, 9.17) is 9.47 Å². The standard InChI is InChI=1S/C31H33N3O6S/c1-20-8-4-7-11-29(20)41(37,38)33-30(35)22-13-12-21(28(17-22)39-3)16-23-19-32-27-15-14-24(18-26(23)27)34(2)31(36)40-25-9-5-6-10-25/h4,7-8,11-15,17-19,25,32H,5-6,9-10,16H2,1-3H3,(H,33,35). The molecule has 1 heterocycles. The minimum absolute atomic E-state index is 0.0171. The number of aromatic amines is 1. The number of sulfonamides is 1. The van der Waals surface area contributed by atoms with E-state index in [2.05, 4.69) is 9.71 Å². The number of H-pyrrole nitrogens is 1. The van der Waals surface area contributed by atoms with Crippen LogP contribution in [0.4, 0.5) is 10.5 Å². The van der Waals surface area contributed by atoms with E-state index < -0.39 is 15.9 Å². The highest BCUT2D eigenvalue weighted by atomic mass is 32.2. The number of carbonyl (C=O) groups is 2. The SMILES string of the molecule is COc1cc(C(=O)NS(=O)(=O)c2ccccc2C)ccc1Cc1c[nH]c2ccc(N(C)C(=O)OC3CCCC3)cc12. The fourth-order valence-corrected chi connectivity index (χ4v) is 6.41. The first-order valence-corrected chi connectivity index (χ1v) is 15.0. The second-order valence-electron chi connectivity index (χ2n) is 10.3. The highest BCUT2D eigenvalue weighted by molar-refractivity contribution is 7.90. The molecule has 9 nitrogen and oxygen atoms in total. The molecule has 1 aliphatic carbocycles. The number of aryl methyl sites for hydroxylation is 1. The zero-order valence-electron chi connectivity index (χ0n) is 23.3. The van der Waals surface area contributed by atoms with Gasteiger partial charge in [0.25, 0.3) is 15.9 Å². The van der Waals surface area contributed by atoms with Gasteiger partial charge in [-0.15, -0.1) is 0 Å². The second kappa shape index (κ2) is 11.7. The summed E-state index contributed by atoms with van der Waals surface area (Å²) in [6.45, 7) is 1.67. The molecule has 0 unspecified atom stereocenters. The zero-order chi connectivity index (χ0) is 29.1. The van der Waals surface area contributed by atoms with Crippen molar-refractivity contribution in [1.29, 1.82) is 0 Å². The van der Waals surface area contributed by atoms with Gasteiger partial charge >= 0.3 is 6.09 Å². The smallest absolute Gasteiger partial charge is 0.414 e. The summed E-state index contributed by atoms with van der Waals surface area (Å²) < 4.78 is 39.0. The summed E-state index contributed by atoms with van der Waals surface area (Å²) in [5.41, 5.74) is 4.11. The number of hydrogen-bond acceptors (Lipinski definition) is 6. The molecule has 0 spiro atoms. The lowest BCUT2D eigenvalue weighted by Crippen LogP contribution is -2.31. The molecular weight excluding hydrogens is 542 g/mol. The van der Waals surface area contributed by atoms with Gasteiger partial charge in [0.05, 0.1) is 12.0 Å². The molecule has 5 rings (SSSR count). The molecule has 1 aromatic heterocycles. The van der Waals surface area contributed by atoms with Crippen LogP contribution in [-0.2, 0) is 21.2 Å². The molecule has 3 aromatic carbocycles. The number of carbonyl (C=O) groups excluding carboxylic acids is 2. The molecule has 2 amide bonds. The molecule has 0 bridgehead atoms. The minimum Gasteiger partial charge on any atom is -0.496 e. The van der Waals surface area contributed by atoms with Crippen molar-refractivity contribution < 1.29 is 27.5 Å². The molecule has 0 atom stereocenters. The molecular formula is C31H33N3O6S. The monoisotopic (exact) mass is 575 g/mol. The minimum atomic E-state index is -4.04. The first kappa shape index (κ1) is 28.2. The van der Waals surface area contributed by atoms with Gasteiger partial charge in [-0.25, -0.2) is 17.9 Å². The van der Waals surface area contributed by atoms with Crippen molar-refractivity contribution in [2.75, 3.05) is 19.1 Å². The summed E-state index contributed by atoms with van der Waals surface area (Å²) in [4.78, 5) is 30.4. The first-order chi connectivity index (χ1) is 19.7. The first-order valence-electron chi connectivity index (χ1n) is 13.5. The molecule has 0 radical (unpaired) electrons. The number of rotatable bonds is 8. The van der Waals surface area contributed by atoms with E-state index in [1.165, 1.54) is 24.1 Å². The van der Waals surface area contributed by atoms with Crippen LogP contribution < -0.4 is 14.4 Å². The topological polar surface area (TPSA) is 118 Å². The lowest BCUT2D eigenvalue weighted by molar-refractivity contribution is 0.0980. The van der Waals surface area contributed by atoms with E-state index in [0.29, 0.717) is 17.7 Å². The Kier molecular flexibility index (Phi) is 8.03. The molecule has 0 aliphatic heterocycles. The maximum atomic E-state index is 12.9. The average molecular weight is 576 g/mol. The van der Waals surface area contributed by atoms with Crippen LogP contribution in [0.3, 0.4) is 0 Å². The third-order valence-electron chi connectivity index (χ3n) is 7.52. The highest BCUT2D eigenvalue weighted by Crippen LogP contribution is 2.30. The Morgan fingerprint density at radius 2 is 1.78 bits per heavy atom. The molecule has 1 aliphatic rings. The normalized spacial score (nSPS) is 13.7. The lowest BCUT2D eigenvalue weighted by atomic mass is 10.0. The van der Waals surface area contributed by atoms with Crippen molar-refractivity contribution in [2.45, 2.75) is 50.0 Å². The fraction of sp³-hybridized carbons (Fsp3) is 0.290. The summed E-state index contributed by atoms with van der Waals surface area (Å²) in [6, 6.07) is 17.1. The summed E-state index contributed by atoms with van der Waals surface area (Å²) in [5, 5.41) is 0.941. The number of hydrogen-bond donors (Lipinski definition) is 2. The highest BCUT2D eigenvalue weighted by Gasteiger charge is 2.23. The molecule has 0 saturated heterocycles.